The zero-order valence-electron chi connectivity index (χ0n) is 15.0. The molecule has 0 radical (unpaired) electrons. The van der Waals surface area contributed by atoms with E-state index in [1.165, 1.54) is 24.3 Å². The van der Waals surface area contributed by atoms with Gasteiger partial charge < -0.3 is 4.74 Å². The summed E-state index contributed by atoms with van der Waals surface area (Å²) < 4.78 is 32.5. The number of halogens is 1. The molecule has 2 aromatic carbocycles. The van der Waals surface area contributed by atoms with Gasteiger partial charge in [0.15, 0.2) is 6.61 Å². The smallest absolute Gasteiger partial charge is 0.269 e. The van der Waals surface area contributed by atoms with E-state index in [2.05, 4.69) is 30.7 Å². The molecule has 0 saturated carbocycles. The molecule has 0 unspecified atom stereocenters. The summed E-state index contributed by atoms with van der Waals surface area (Å²) in [5.41, 5.74) is 0.847. The predicted molar refractivity (Wildman–Crippen MR) is 105 cm³/mol. The molecule has 10 nitrogen and oxygen atoms in total. The second-order valence-corrected chi connectivity index (χ2v) is 8.02. The Labute approximate surface area is 171 Å². The lowest BCUT2D eigenvalue weighted by atomic mass is 10.1. The van der Waals surface area contributed by atoms with Crippen molar-refractivity contribution in [2.75, 3.05) is 18.5 Å². The SMILES string of the molecule is O=C(COc1cccc(CCNS(=O)(=O)c2ccc(Cl)cc2)c1)Nc1nn[nH]n1. The molecule has 3 N–H and O–H groups in total. The van der Waals surface area contributed by atoms with Gasteiger partial charge in [0.2, 0.25) is 10.0 Å². The second-order valence-electron chi connectivity index (χ2n) is 5.82. The Balaban J connectivity index is 1.49. The number of ether oxygens (including phenoxy) is 1. The number of nitrogens with one attached hydrogen (secondary N) is 3. The highest BCUT2D eigenvalue weighted by Crippen LogP contribution is 2.15. The van der Waals surface area contributed by atoms with Crippen molar-refractivity contribution in [2.45, 2.75) is 11.3 Å². The number of carbonyl (C=O) groups is 1. The fourth-order valence-corrected chi connectivity index (χ4v) is 3.50. The first-order valence-corrected chi connectivity index (χ1v) is 10.3. The lowest BCUT2D eigenvalue weighted by molar-refractivity contribution is -0.118. The van der Waals surface area contributed by atoms with E-state index in [4.69, 9.17) is 16.3 Å². The fourth-order valence-electron chi connectivity index (χ4n) is 2.34. The van der Waals surface area contributed by atoms with Gasteiger partial charge in [-0.1, -0.05) is 28.8 Å². The molecule has 152 valence electrons. The van der Waals surface area contributed by atoms with Crippen molar-refractivity contribution < 1.29 is 17.9 Å². The molecule has 29 heavy (non-hydrogen) atoms. The minimum atomic E-state index is -3.62. The number of aromatic amines is 1. The first-order valence-electron chi connectivity index (χ1n) is 8.43. The Morgan fingerprint density at radius 1 is 1.17 bits per heavy atom. The highest BCUT2D eigenvalue weighted by molar-refractivity contribution is 7.89. The summed E-state index contributed by atoms with van der Waals surface area (Å²) in [5, 5.41) is 15.6. The van der Waals surface area contributed by atoms with Crippen LogP contribution >= 0.6 is 11.6 Å². The molecular weight excluding hydrogens is 420 g/mol. The summed E-state index contributed by atoms with van der Waals surface area (Å²) in [5.74, 6) is 0.0965. The summed E-state index contributed by atoms with van der Waals surface area (Å²) in [6, 6.07) is 13.0. The third-order valence-corrected chi connectivity index (χ3v) is 5.42. The first kappa shape index (κ1) is 20.7. The topological polar surface area (TPSA) is 139 Å². The van der Waals surface area contributed by atoms with Crippen LogP contribution in [0.3, 0.4) is 0 Å². The van der Waals surface area contributed by atoms with Crippen LogP contribution in [-0.4, -0.2) is 48.1 Å². The van der Waals surface area contributed by atoms with Crippen LogP contribution in [0.5, 0.6) is 5.75 Å². The number of nitrogens with zero attached hydrogens (tertiary/aromatic N) is 3. The van der Waals surface area contributed by atoms with Crippen molar-refractivity contribution in [1.29, 1.82) is 0 Å². The monoisotopic (exact) mass is 436 g/mol. The normalized spacial score (nSPS) is 11.2. The Bertz CT molecular complexity index is 1060. The first-order chi connectivity index (χ1) is 13.9. The standard InChI is InChI=1S/C17H17ClN6O4S/c18-13-4-6-15(7-5-13)29(26,27)19-9-8-12-2-1-3-14(10-12)28-11-16(25)20-17-21-23-24-22-17/h1-7,10,19H,8-9,11H2,(H2,20,21,22,23,24,25). The molecular formula is C17H17ClN6O4S. The van der Waals surface area contributed by atoms with Crippen molar-refractivity contribution in [2.24, 2.45) is 0 Å². The summed E-state index contributed by atoms with van der Waals surface area (Å²) in [7, 11) is -3.62. The zero-order chi connectivity index (χ0) is 20.7. The van der Waals surface area contributed by atoms with Gasteiger partial charge >= 0.3 is 0 Å². The maximum Gasteiger partial charge on any atom is 0.269 e. The van der Waals surface area contributed by atoms with E-state index in [-0.39, 0.29) is 24.0 Å². The molecule has 0 fully saturated rings. The van der Waals surface area contributed by atoms with E-state index in [0.717, 1.165) is 5.56 Å². The van der Waals surface area contributed by atoms with Crippen molar-refractivity contribution in [3.63, 3.8) is 0 Å². The Hall–Kier alpha value is -3.02. The van der Waals surface area contributed by atoms with Gasteiger partial charge in [-0.25, -0.2) is 13.1 Å². The molecule has 0 bridgehead atoms. The summed E-state index contributed by atoms with van der Waals surface area (Å²) in [6.07, 6.45) is 0.444. The fraction of sp³-hybridized carbons (Fsp3) is 0.176. The van der Waals surface area contributed by atoms with E-state index < -0.39 is 15.9 Å². The Morgan fingerprint density at radius 3 is 2.69 bits per heavy atom. The zero-order valence-corrected chi connectivity index (χ0v) is 16.6. The number of tetrazole rings is 1. The lowest BCUT2D eigenvalue weighted by Gasteiger charge is -2.09. The number of carbonyl (C=O) groups excluding carboxylic acids is 1. The largest absolute Gasteiger partial charge is 0.484 e. The van der Waals surface area contributed by atoms with Crippen molar-refractivity contribution in [3.8, 4) is 5.75 Å². The average Bonchev–Trinajstić information content (AvgIpc) is 3.20. The number of aromatic nitrogens is 4. The summed E-state index contributed by atoms with van der Waals surface area (Å²) in [6.45, 7) is -0.0338. The van der Waals surface area contributed by atoms with Gasteiger partial charge in [0.05, 0.1) is 4.90 Å². The molecule has 0 aliphatic rings. The van der Waals surface area contributed by atoms with Crippen LogP contribution in [0.4, 0.5) is 5.95 Å². The number of H-pyrrole nitrogens is 1. The maximum atomic E-state index is 12.3. The van der Waals surface area contributed by atoms with Crippen LogP contribution in [-0.2, 0) is 21.2 Å². The molecule has 0 aliphatic heterocycles. The maximum absolute atomic E-state index is 12.3. The molecule has 1 aromatic heterocycles. The molecule has 3 aromatic rings. The van der Waals surface area contributed by atoms with E-state index in [9.17, 15) is 13.2 Å². The van der Waals surface area contributed by atoms with Gasteiger partial charge in [-0.2, -0.15) is 5.21 Å². The van der Waals surface area contributed by atoms with Gasteiger partial charge in [-0.05, 0) is 53.6 Å². The number of sulfonamides is 1. The number of hydrogen-bond acceptors (Lipinski definition) is 7. The highest BCUT2D eigenvalue weighted by Gasteiger charge is 2.13. The minimum Gasteiger partial charge on any atom is -0.484 e. The quantitative estimate of drug-likeness (QED) is 0.460. The van der Waals surface area contributed by atoms with Crippen molar-refractivity contribution >= 4 is 33.5 Å². The van der Waals surface area contributed by atoms with Gasteiger partial charge in [-0.3, -0.25) is 10.1 Å². The third-order valence-electron chi connectivity index (χ3n) is 3.69. The van der Waals surface area contributed by atoms with Crippen LogP contribution in [0.25, 0.3) is 0 Å². The Kier molecular flexibility index (Phi) is 6.75. The van der Waals surface area contributed by atoms with E-state index in [1.54, 1.807) is 18.2 Å². The van der Waals surface area contributed by atoms with Crippen LogP contribution in [0.1, 0.15) is 5.56 Å². The van der Waals surface area contributed by atoms with Crippen LogP contribution < -0.4 is 14.8 Å². The van der Waals surface area contributed by atoms with Gasteiger partial charge in [0, 0.05) is 11.6 Å². The van der Waals surface area contributed by atoms with Crippen molar-refractivity contribution in [1.82, 2.24) is 25.3 Å². The number of rotatable bonds is 9. The van der Waals surface area contributed by atoms with E-state index >= 15 is 0 Å². The van der Waals surface area contributed by atoms with Gasteiger partial charge in [0.25, 0.3) is 11.9 Å². The molecule has 1 amide bonds. The number of hydrogen-bond donors (Lipinski definition) is 3. The second kappa shape index (κ2) is 9.45. The predicted octanol–water partition coefficient (Wildman–Crippen LogP) is 1.39. The molecule has 0 aliphatic carbocycles. The summed E-state index contributed by atoms with van der Waals surface area (Å²) >= 11 is 5.78. The molecule has 0 spiro atoms. The molecule has 1 heterocycles. The molecule has 0 saturated heterocycles. The molecule has 3 rings (SSSR count). The Morgan fingerprint density at radius 2 is 1.97 bits per heavy atom. The molecule has 12 heteroatoms. The molecule has 0 atom stereocenters. The van der Waals surface area contributed by atoms with E-state index in [1.807, 2.05) is 6.07 Å². The van der Waals surface area contributed by atoms with Gasteiger partial charge in [-0.15, -0.1) is 5.10 Å². The number of benzene rings is 2. The van der Waals surface area contributed by atoms with Crippen LogP contribution in [0.2, 0.25) is 5.02 Å². The third kappa shape index (κ3) is 6.24. The van der Waals surface area contributed by atoms with Gasteiger partial charge in [0.1, 0.15) is 5.75 Å². The highest BCUT2D eigenvalue weighted by atomic mass is 35.5. The minimum absolute atomic E-state index is 0.0559. The van der Waals surface area contributed by atoms with E-state index in [0.29, 0.717) is 17.2 Å². The van der Waals surface area contributed by atoms with Crippen LogP contribution in [0.15, 0.2) is 53.4 Å². The lowest BCUT2D eigenvalue weighted by Crippen LogP contribution is -2.26. The van der Waals surface area contributed by atoms with Crippen LogP contribution in [0, 0.1) is 0 Å². The van der Waals surface area contributed by atoms with Crippen molar-refractivity contribution in [3.05, 3.63) is 59.1 Å². The average molecular weight is 437 g/mol. The summed E-state index contributed by atoms with van der Waals surface area (Å²) in [4.78, 5) is 11.9. The number of anilines is 1. The number of amides is 1.